The average Bonchev–Trinajstić information content (AvgIpc) is 2.45. The first-order valence-electron chi connectivity index (χ1n) is 6.23. The molecule has 0 aliphatic carbocycles. The van der Waals surface area contributed by atoms with Crippen LogP contribution in [-0.4, -0.2) is 32.8 Å². The van der Waals surface area contributed by atoms with E-state index in [1.54, 1.807) is 11.8 Å². The van der Waals surface area contributed by atoms with Gasteiger partial charge in [-0.15, -0.1) is 11.8 Å². The molecule has 20 heavy (non-hydrogen) atoms. The van der Waals surface area contributed by atoms with Gasteiger partial charge in [-0.25, -0.2) is 0 Å². The van der Waals surface area contributed by atoms with Crippen LogP contribution in [0.15, 0.2) is 18.5 Å². The smallest absolute Gasteiger partial charge is 0.293 e. The summed E-state index contributed by atoms with van der Waals surface area (Å²) in [5.74, 6) is 1.28. The lowest BCUT2D eigenvalue weighted by Gasteiger charge is -2.29. The van der Waals surface area contributed by atoms with Gasteiger partial charge in [0, 0.05) is 34.7 Å². The van der Waals surface area contributed by atoms with Gasteiger partial charge in [0.2, 0.25) is 0 Å². The molecular formula is C13H14F3NOS2. The van der Waals surface area contributed by atoms with Crippen LogP contribution in [0.5, 0.6) is 0 Å². The molecule has 0 aromatic carbocycles. The summed E-state index contributed by atoms with van der Waals surface area (Å²) in [5.41, 5.74) is -1.19. The second kappa shape index (κ2) is 6.39. The summed E-state index contributed by atoms with van der Waals surface area (Å²) < 4.78 is 38.9. The highest BCUT2D eigenvalue weighted by Crippen LogP contribution is 2.38. The van der Waals surface area contributed by atoms with Crippen molar-refractivity contribution in [2.24, 2.45) is 0 Å². The molecule has 1 fully saturated rings. The minimum Gasteiger partial charge on any atom is -0.293 e. The Morgan fingerprint density at radius 1 is 1.40 bits per heavy atom. The lowest BCUT2D eigenvalue weighted by molar-refractivity contribution is -0.138. The molecule has 0 radical (unpaired) electrons. The zero-order valence-corrected chi connectivity index (χ0v) is 12.4. The SMILES string of the molecule is CCC1SCCSC1C(=O)c1cnccc1C(F)(F)F. The summed E-state index contributed by atoms with van der Waals surface area (Å²) in [5, 5.41) is -0.341. The predicted octanol–water partition coefficient (Wildman–Crippen LogP) is 3.91. The zero-order valence-electron chi connectivity index (χ0n) is 10.8. The van der Waals surface area contributed by atoms with Crippen LogP contribution >= 0.6 is 23.5 Å². The van der Waals surface area contributed by atoms with Crippen LogP contribution in [0, 0.1) is 0 Å². The van der Waals surface area contributed by atoms with E-state index in [4.69, 9.17) is 0 Å². The van der Waals surface area contributed by atoms with Crippen molar-refractivity contribution >= 4 is 29.3 Å². The van der Waals surface area contributed by atoms with Gasteiger partial charge in [0.05, 0.1) is 10.8 Å². The predicted molar refractivity (Wildman–Crippen MR) is 76.4 cm³/mol. The fraction of sp³-hybridized carbons (Fsp3) is 0.538. The van der Waals surface area contributed by atoms with Gasteiger partial charge >= 0.3 is 6.18 Å². The maximum Gasteiger partial charge on any atom is 0.417 e. The van der Waals surface area contributed by atoms with Crippen molar-refractivity contribution in [2.45, 2.75) is 30.0 Å². The van der Waals surface area contributed by atoms with Crippen LogP contribution in [0.2, 0.25) is 0 Å². The van der Waals surface area contributed by atoms with Crippen LogP contribution in [-0.2, 0) is 6.18 Å². The van der Waals surface area contributed by atoms with Crippen molar-refractivity contribution in [2.75, 3.05) is 11.5 Å². The normalized spacial score (nSPS) is 23.6. The average molecular weight is 321 g/mol. The molecule has 1 saturated heterocycles. The van der Waals surface area contributed by atoms with E-state index < -0.39 is 22.8 Å². The van der Waals surface area contributed by atoms with Crippen LogP contribution in [0.1, 0.15) is 29.3 Å². The largest absolute Gasteiger partial charge is 0.417 e. The second-order valence-electron chi connectivity index (χ2n) is 4.39. The minimum atomic E-state index is -4.53. The van der Waals surface area contributed by atoms with Crippen molar-refractivity contribution in [3.63, 3.8) is 0 Å². The topological polar surface area (TPSA) is 30.0 Å². The van der Waals surface area contributed by atoms with Crippen molar-refractivity contribution in [3.05, 3.63) is 29.6 Å². The van der Waals surface area contributed by atoms with Crippen LogP contribution in [0.3, 0.4) is 0 Å². The van der Waals surface area contributed by atoms with Gasteiger partial charge in [0.1, 0.15) is 0 Å². The van der Waals surface area contributed by atoms with E-state index in [9.17, 15) is 18.0 Å². The number of aromatic nitrogens is 1. The molecule has 0 spiro atoms. The molecule has 0 saturated carbocycles. The Labute approximate surface area is 123 Å². The molecule has 110 valence electrons. The third-order valence-electron chi connectivity index (χ3n) is 3.10. The molecule has 1 aliphatic heterocycles. The molecule has 7 heteroatoms. The molecule has 2 atom stereocenters. The summed E-state index contributed by atoms with van der Waals surface area (Å²) in [7, 11) is 0. The number of alkyl halides is 3. The first kappa shape index (κ1) is 15.7. The second-order valence-corrected chi connectivity index (χ2v) is 6.99. The number of hydrogen-bond acceptors (Lipinski definition) is 4. The Balaban J connectivity index is 2.33. The number of rotatable bonds is 3. The van der Waals surface area contributed by atoms with Gasteiger partial charge in [-0.2, -0.15) is 24.9 Å². The molecule has 2 heterocycles. The van der Waals surface area contributed by atoms with Gasteiger partial charge < -0.3 is 0 Å². The van der Waals surface area contributed by atoms with Crippen molar-refractivity contribution in [1.82, 2.24) is 4.98 Å². The van der Waals surface area contributed by atoms with Gasteiger partial charge in [-0.1, -0.05) is 6.92 Å². The van der Waals surface area contributed by atoms with Gasteiger partial charge in [-0.3, -0.25) is 9.78 Å². The fourth-order valence-electron chi connectivity index (χ4n) is 2.14. The van der Waals surface area contributed by atoms with E-state index in [2.05, 4.69) is 4.98 Å². The Kier molecular flexibility index (Phi) is 5.01. The third-order valence-corrected chi connectivity index (χ3v) is 6.35. The molecule has 1 aliphatic rings. The summed E-state index contributed by atoms with van der Waals surface area (Å²) in [6, 6.07) is 0.870. The Bertz CT molecular complexity index is 493. The quantitative estimate of drug-likeness (QED) is 0.790. The van der Waals surface area contributed by atoms with Crippen LogP contribution in [0.25, 0.3) is 0 Å². The van der Waals surface area contributed by atoms with Crippen LogP contribution in [0.4, 0.5) is 13.2 Å². The molecule has 0 amide bonds. The molecule has 2 rings (SSSR count). The Morgan fingerprint density at radius 2 is 2.10 bits per heavy atom. The molecule has 0 bridgehead atoms. The third kappa shape index (κ3) is 3.31. The van der Waals surface area contributed by atoms with Gasteiger partial charge in [0.25, 0.3) is 0 Å². The van der Waals surface area contributed by atoms with Crippen molar-refractivity contribution < 1.29 is 18.0 Å². The van der Waals surface area contributed by atoms with Gasteiger partial charge in [-0.05, 0) is 12.5 Å². The summed E-state index contributed by atoms with van der Waals surface area (Å²) in [6.45, 7) is 1.96. The summed E-state index contributed by atoms with van der Waals surface area (Å²) >= 11 is 3.12. The highest BCUT2D eigenvalue weighted by Gasteiger charge is 2.39. The van der Waals surface area contributed by atoms with Crippen LogP contribution < -0.4 is 0 Å². The van der Waals surface area contributed by atoms with E-state index in [1.165, 1.54) is 11.8 Å². The van der Waals surface area contributed by atoms with Crippen molar-refractivity contribution in [1.29, 1.82) is 0 Å². The first-order chi connectivity index (χ1) is 9.45. The maximum atomic E-state index is 13.0. The Hall–Kier alpha value is -0.690. The van der Waals surface area contributed by atoms with E-state index in [-0.39, 0.29) is 10.8 Å². The molecule has 1 aromatic heterocycles. The lowest BCUT2D eigenvalue weighted by atomic mass is 10.0. The maximum absolute atomic E-state index is 13.0. The lowest BCUT2D eigenvalue weighted by Crippen LogP contribution is -2.34. The van der Waals surface area contributed by atoms with E-state index >= 15 is 0 Å². The number of thioether (sulfide) groups is 2. The standard InChI is InChI=1S/C13H14F3NOS2/c1-2-10-12(20-6-5-19-10)11(18)8-7-17-4-3-9(8)13(14,15)16/h3-4,7,10,12H,2,5-6H2,1H3. The number of Topliss-reactive ketones (excluding diaryl/α,β-unsaturated/α-hetero) is 1. The number of pyridine rings is 1. The van der Waals surface area contributed by atoms with E-state index in [1.807, 2.05) is 6.92 Å². The number of hydrogen-bond donors (Lipinski definition) is 0. The molecule has 0 N–H and O–H groups in total. The fourth-order valence-corrected chi connectivity index (χ4v) is 5.15. The number of halogens is 3. The highest BCUT2D eigenvalue weighted by atomic mass is 32.2. The minimum absolute atomic E-state index is 0.0718. The van der Waals surface area contributed by atoms with Crippen molar-refractivity contribution in [3.8, 4) is 0 Å². The molecule has 1 aromatic rings. The molecule has 2 nitrogen and oxygen atoms in total. The number of ketones is 1. The molecule has 2 unspecified atom stereocenters. The van der Waals surface area contributed by atoms with E-state index in [0.717, 1.165) is 36.4 Å². The highest BCUT2D eigenvalue weighted by molar-refractivity contribution is 8.07. The zero-order chi connectivity index (χ0) is 14.8. The monoisotopic (exact) mass is 321 g/mol. The Morgan fingerprint density at radius 3 is 2.75 bits per heavy atom. The summed E-state index contributed by atoms with van der Waals surface area (Å²) in [6.07, 6.45) is -1.64. The molecular weight excluding hydrogens is 307 g/mol. The number of carbonyl (C=O) groups excluding carboxylic acids is 1. The number of carbonyl (C=O) groups is 1. The number of nitrogens with zero attached hydrogens (tertiary/aromatic N) is 1. The van der Waals surface area contributed by atoms with E-state index in [0.29, 0.717) is 0 Å². The first-order valence-corrected chi connectivity index (χ1v) is 8.33. The van der Waals surface area contributed by atoms with Gasteiger partial charge in [0.15, 0.2) is 5.78 Å². The summed E-state index contributed by atoms with van der Waals surface area (Å²) in [4.78, 5) is 16.2.